The molecular formula is C12H14N4O3S. The van der Waals surface area contributed by atoms with Gasteiger partial charge >= 0.3 is 0 Å². The van der Waals surface area contributed by atoms with E-state index in [1.54, 1.807) is 25.4 Å². The van der Waals surface area contributed by atoms with Crippen molar-refractivity contribution in [2.24, 2.45) is 12.2 Å². The second-order valence-electron chi connectivity index (χ2n) is 4.23. The van der Waals surface area contributed by atoms with E-state index < -0.39 is 10.0 Å². The van der Waals surface area contributed by atoms with Gasteiger partial charge in [-0.25, -0.2) is 18.5 Å². The Kier molecular flexibility index (Phi) is 3.86. The zero-order valence-electron chi connectivity index (χ0n) is 10.8. The quantitative estimate of drug-likeness (QED) is 0.828. The van der Waals surface area contributed by atoms with Crippen LogP contribution in [0.4, 0.5) is 5.82 Å². The summed E-state index contributed by atoms with van der Waals surface area (Å²) in [5, 5.41) is 7.91. The van der Waals surface area contributed by atoms with Crippen molar-refractivity contribution in [2.45, 2.75) is 11.4 Å². The molecule has 0 fully saturated rings. The van der Waals surface area contributed by atoms with Crippen molar-refractivity contribution in [3.63, 3.8) is 0 Å². The molecule has 1 heterocycles. The van der Waals surface area contributed by atoms with Crippen molar-refractivity contribution in [1.82, 2.24) is 9.55 Å². The molecule has 0 bridgehead atoms. The lowest BCUT2D eigenvalue weighted by atomic mass is 10.2. The second kappa shape index (κ2) is 5.43. The average Bonchev–Trinajstić information content (AvgIpc) is 2.40. The van der Waals surface area contributed by atoms with Crippen LogP contribution in [-0.2, 0) is 23.6 Å². The molecule has 0 aliphatic rings. The highest BCUT2D eigenvalue weighted by Gasteiger charge is 2.07. The van der Waals surface area contributed by atoms with Gasteiger partial charge in [-0.3, -0.25) is 4.79 Å². The van der Waals surface area contributed by atoms with Crippen LogP contribution in [0.5, 0.6) is 0 Å². The highest BCUT2D eigenvalue weighted by molar-refractivity contribution is 7.89. The minimum Gasteiger partial charge on any atom is -0.361 e. The van der Waals surface area contributed by atoms with Gasteiger partial charge in [0.25, 0.3) is 5.56 Å². The van der Waals surface area contributed by atoms with Gasteiger partial charge in [-0.2, -0.15) is 0 Å². The summed E-state index contributed by atoms with van der Waals surface area (Å²) >= 11 is 0. The first-order valence-corrected chi connectivity index (χ1v) is 7.30. The molecule has 106 valence electrons. The van der Waals surface area contributed by atoms with Gasteiger partial charge in [-0.05, 0) is 17.7 Å². The standard InChI is InChI=1S/C12H14N4O3S/c1-16-7-6-14-11(12(16)17)15-8-9-2-4-10(5-3-9)20(13,18)19/h2-7H,8H2,1H3,(H,14,15)(H2,13,18,19). The van der Waals surface area contributed by atoms with E-state index in [4.69, 9.17) is 5.14 Å². The Hall–Kier alpha value is -2.19. The zero-order valence-corrected chi connectivity index (χ0v) is 11.6. The summed E-state index contributed by atoms with van der Waals surface area (Å²) < 4.78 is 23.6. The second-order valence-corrected chi connectivity index (χ2v) is 5.80. The Morgan fingerprint density at radius 3 is 2.55 bits per heavy atom. The third kappa shape index (κ3) is 3.22. The van der Waals surface area contributed by atoms with Crippen molar-refractivity contribution in [2.75, 3.05) is 5.32 Å². The molecule has 20 heavy (non-hydrogen) atoms. The van der Waals surface area contributed by atoms with Crippen LogP contribution in [0.15, 0.2) is 46.3 Å². The molecule has 0 atom stereocenters. The SMILES string of the molecule is Cn1ccnc(NCc2ccc(S(N)(=O)=O)cc2)c1=O. The first-order valence-electron chi connectivity index (χ1n) is 5.75. The lowest BCUT2D eigenvalue weighted by Crippen LogP contribution is -2.21. The predicted octanol–water partition coefficient (Wildman–Crippen LogP) is 0.0398. The maximum absolute atomic E-state index is 11.7. The normalized spacial score (nSPS) is 11.3. The molecule has 0 saturated carbocycles. The number of primary sulfonamides is 1. The molecule has 2 rings (SSSR count). The highest BCUT2D eigenvalue weighted by Crippen LogP contribution is 2.09. The Balaban J connectivity index is 2.12. The number of sulfonamides is 1. The summed E-state index contributed by atoms with van der Waals surface area (Å²) in [6, 6.07) is 6.09. The van der Waals surface area contributed by atoms with Gasteiger partial charge < -0.3 is 9.88 Å². The van der Waals surface area contributed by atoms with Gasteiger partial charge in [-0.15, -0.1) is 0 Å². The van der Waals surface area contributed by atoms with Crippen LogP contribution in [0.2, 0.25) is 0 Å². The fourth-order valence-electron chi connectivity index (χ4n) is 1.60. The fourth-order valence-corrected chi connectivity index (χ4v) is 2.12. The van der Waals surface area contributed by atoms with Gasteiger partial charge in [0.15, 0.2) is 5.82 Å². The summed E-state index contributed by atoms with van der Waals surface area (Å²) in [4.78, 5) is 15.7. The first kappa shape index (κ1) is 14.2. The summed E-state index contributed by atoms with van der Waals surface area (Å²) in [6.45, 7) is 0.358. The van der Waals surface area contributed by atoms with Crippen LogP contribution in [0.3, 0.4) is 0 Å². The van der Waals surface area contributed by atoms with E-state index in [0.717, 1.165) is 5.56 Å². The fraction of sp³-hybridized carbons (Fsp3) is 0.167. The van der Waals surface area contributed by atoms with Crippen LogP contribution >= 0.6 is 0 Å². The number of aromatic nitrogens is 2. The van der Waals surface area contributed by atoms with E-state index >= 15 is 0 Å². The Morgan fingerprint density at radius 2 is 1.95 bits per heavy atom. The van der Waals surface area contributed by atoms with Crippen molar-refractivity contribution in [3.05, 3.63) is 52.6 Å². The number of hydrogen-bond acceptors (Lipinski definition) is 5. The number of aryl methyl sites for hydroxylation is 1. The van der Waals surface area contributed by atoms with Crippen molar-refractivity contribution >= 4 is 15.8 Å². The van der Waals surface area contributed by atoms with Crippen LogP contribution < -0.4 is 16.0 Å². The molecular weight excluding hydrogens is 280 g/mol. The molecule has 0 aliphatic heterocycles. The predicted molar refractivity (Wildman–Crippen MR) is 74.6 cm³/mol. The van der Waals surface area contributed by atoms with Crippen LogP contribution in [-0.4, -0.2) is 18.0 Å². The molecule has 0 spiro atoms. The van der Waals surface area contributed by atoms with Crippen LogP contribution in [0, 0.1) is 0 Å². The maximum atomic E-state index is 11.7. The van der Waals surface area contributed by atoms with Crippen molar-refractivity contribution < 1.29 is 8.42 Å². The summed E-state index contributed by atoms with van der Waals surface area (Å²) in [5.74, 6) is 0.241. The van der Waals surface area contributed by atoms with E-state index in [1.165, 1.54) is 22.9 Å². The van der Waals surface area contributed by atoms with Crippen LogP contribution in [0.1, 0.15) is 5.56 Å². The molecule has 0 radical (unpaired) electrons. The lowest BCUT2D eigenvalue weighted by Gasteiger charge is -2.06. The molecule has 7 nitrogen and oxygen atoms in total. The minimum absolute atomic E-state index is 0.0509. The molecule has 0 aliphatic carbocycles. The zero-order chi connectivity index (χ0) is 14.8. The van der Waals surface area contributed by atoms with Crippen molar-refractivity contribution in [1.29, 1.82) is 0 Å². The number of anilines is 1. The molecule has 2 aromatic rings. The third-order valence-electron chi connectivity index (χ3n) is 2.73. The Labute approximate surface area is 116 Å². The average molecular weight is 294 g/mol. The van der Waals surface area contributed by atoms with Gasteiger partial charge in [0, 0.05) is 26.0 Å². The lowest BCUT2D eigenvalue weighted by molar-refractivity contribution is 0.598. The maximum Gasteiger partial charge on any atom is 0.293 e. The summed E-state index contributed by atoms with van der Waals surface area (Å²) in [7, 11) is -2.05. The highest BCUT2D eigenvalue weighted by atomic mass is 32.2. The molecule has 0 unspecified atom stereocenters. The Morgan fingerprint density at radius 1 is 1.30 bits per heavy atom. The molecule has 0 saturated heterocycles. The van der Waals surface area contributed by atoms with Gasteiger partial charge in [-0.1, -0.05) is 12.1 Å². The van der Waals surface area contributed by atoms with Gasteiger partial charge in [0.05, 0.1) is 4.90 Å². The van der Waals surface area contributed by atoms with E-state index in [-0.39, 0.29) is 16.3 Å². The smallest absolute Gasteiger partial charge is 0.293 e. The van der Waals surface area contributed by atoms with E-state index in [1.807, 2.05) is 0 Å². The monoisotopic (exact) mass is 294 g/mol. The third-order valence-corrected chi connectivity index (χ3v) is 3.66. The summed E-state index contributed by atoms with van der Waals surface area (Å²) in [5.41, 5.74) is 0.582. The first-order chi connectivity index (χ1) is 9.38. The molecule has 1 aromatic heterocycles. The number of nitrogens with zero attached hydrogens (tertiary/aromatic N) is 2. The van der Waals surface area contributed by atoms with E-state index in [0.29, 0.717) is 6.54 Å². The number of nitrogens with one attached hydrogen (secondary N) is 1. The molecule has 0 amide bonds. The minimum atomic E-state index is -3.69. The van der Waals surface area contributed by atoms with Gasteiger partial charge in [0.2, 0.25) is 10.0 Å². The molecule has 1 aromatic carbocycles. The number of nitrogens with two attached hydrogens (primary N) is 1. The summed E-state index contributed by atoms with van der Waals surface area (Å²) in [6.07, 6.45) is 3.09. The topological polar surface area (TPSA) is 107 Å². The van der Waals surface area contributed by atoms with E-state index in [2.05, 4.69) is 10.3 Å². The number of hydrogen-bond donors (Lipinski definition) is 2. The van der Waals surface area contributed by atoms with Gasteiger partial charge in [0.1, 0.15) is 0 Å². The number of benzene rings is 1. The number of rotatable bonds is 4. The Bertz CT molecular complexity index is 766. The van der Waals surface area contributed by atoms with Crippen LogP contribution in [0.25, 0.3) is 0 Å². The van der Waals surface area contributed by atoms with E-state index in [9.17, 15) is 13.2 Å². The molecule has 8 heteroatoms. The molecule has 3 N–H and O–H groups in total. The van der Waals surface area contributed by atoms with Crippen molar-refractivity contribution in [3.8, 4) is 0 Å². The largest absolute Gasteiger partial charge is 0.361 e.